The fourth-order valence-electron chi connectivity index (χ4n) is 2.77. The van der Waals surface area contributed by atoms with Crippen LogP contribution in [0.4, 0.5) is 4.79 Å². The molecule has 0 aliphatic carbocycles. The SMILES string of the molecule is O=C(OCc1ccccc1)N1CC2(C1)NCC(O)C2O. The number of nitrogens with one attached hydrogen (secondary N) is 1. The number of benzene rings is 1. The highest BCUT2D eigenvalue weighted by Crippen LogP contribution is 2.31. The van der Waals surface area contributed by atoms with Crippen molar-refractivity contribution in [2.24, 2.45) is 0 Å². The highest BCUT2D eigenvalue weighted by atomic mass is 16.6. The summed E-state index contributed by atoms with van der Waals surface area (Å²) in [4.78, 5) is 13.4. The summed E-state index contributed by atoms with van der Waals surface area (Å²) in [7, 11) is 0. The Labute approximate surface area is 117 Å². The van der Waals surface area contributed by atoms with E-state index in [9.17, 15) is 15.0 Å². The van der Waals surface area contributed by atoms with Crippen LogP contribution < -0.4 is 5.32 Å². The van der Waals surface area contributed by atoms with Crippen molar-refractivity contribution < 1.29 is 19.7 Å². The number of amides is 1. The van der Waals surface area contributed by atoms with E-state index in [2.05, 4.69) is 5.32 Å². The molecule has 1 aromatic carbocycles. The number of rotatable bonds is 2. The number of carbonyl (C=O) groups is 1. The summed E-state index contributed by atoms with van der Waals surface area (Å²) in [5, 5.41) is 22.5. The van der Waals surface area contributed by atoms with Gasteiger partial charge >= 0.3 is 6.09 Å². The fraction of sp³-hybridized carbons (Fsp3) is 0.500. The molecule has 3 rings (SSSR count). The van der Waals surface area contributed by atoms with Crippen molar-refractivity contribution in [2.75, 3.05) is 19.6 Å². The normalized spacial score (nSPS) is 27.4. The lowest BCUT2D eigenvalue weighted by Gasteiger charge is -2.49. The van der Waals surface area contributed by atoms with Crippen molar-refractivity contribution in [1.29, 1.82) is 0 Å². The zero-order valence-corrected chi connectivity index (χ0v) is 11.0. The van der Waals surface area contributed by atoms with Gasteiger partial charge in [-0.1, -0.05) is 30.3 Å². The topological polar surface area (TPSA) is 82.0 Å². The molecule has 20 heavy (non-hydrogen) atoms. The lowest BCUT2D eigenvalue weighted by Crippen LogP contribution is -2.72. The quantitative estimate of drug-likeness (QED) is 0.692. The standard InChI is InChI=1S/C14H18N2O4/c17-11-6-15-14(12(11)18)8-16(9-14)13(19)20-7-10-4-2-1-3-5-10/h1-5,11-12,15,17-18H,6-9H2. The number of aliphatic hydroxyl groups excluding tert-OH is 2. The highest BCUT2D eigenvalue weighted by molar-refractivity contribution is 5.69. The molecule has 0 radical (unpaired) electrons. The molecule has 0 saturated carbocycles. The second-order valence-corrected chi connectivity index (χ2v) is 5.45. The van der Waals surface area contributed by atoms with Crippen molar-refractivity contribution in [1.82, 2.24) is 10.2 Å². The summed E-state index contributed by atoms with van der Waals surface area (Å²) in [5.41, 5.74) is 0.371. The molecule has 2 heterocycles. The van der Waals surface area contributed by atoms with Crippen molar-refractivity contribution >= 4 is 6.09 Å². The molecule has 1 amide bonds. The number of carbonyl (C=O) groups excluding carboxylic acids is 1. The Kier molecular flexibility index (Phi) is 3.37. The van der Waals surface area contributed by atoms with Crippen molar-refractivity contribution in [3.05, 3.63) is 35.9 Å². The average molecular weight is 278 g/mol. The van der Waals surface area contributed by atoms with Gasteiger partial charge in [-0.05, 0) is 5.56 Å². The van der Waals surface area contributed by atoms with Gasteiger partial charge < -0.3 is 25.2 Å². The van der Waals surface area contributed by atoms with Crippen molar-refractivity contribution in [2.45, 2.75) is 24.4 Å². The van der Waals surface area contributed by atoms with E-state index in [1.165, 1.54) is 4.90 Å². The van der Waals surface area contributed by atoms with Gasteiger partial charge in [0.1, 0.15) is 12.7 Å². The van der Waals surface area contributed by atoms with Gasteiger partial charge in [-0.2, -0.15) is 0 Å². The summed E-state index contributed by atoms with van der Waals surface area (Å²) < 4.78 is 5.21. The molecular weight excluding hydrogens is 260 g/mol. The number of aliphatic hydroxyl groups is 2. The first-order valence-electron chi connectivity index (χ1n) is 6.67. The largest absolute Gasteiger partial charge is 0.445 e. The van der Waals surface area contributed by atoms with Crippen LogP contribution in [0.3, 0.4) is 0 Å². The Balaban J connectivity index is 1.49. The van der Waals surface area contributed by atoms with Crippen LogP contribution in [0.5, 0.6) is 0 Å². The Morgan fingerprint density at radius 3 is 2.65 bits per heavy atom. The lowest BCUT2D eigenvalue weighted by molar-refractivity contribution is -0.0537. The van der Waals surface area contributed by atoms with Gasteiger partial charge in [-0.15, -0.1) is 0 Å². The third-order valence-electron chi connectivity index (χ3n) is 4.00. The zero-order valence-electron chi connectivity index (χ0n) is 11.0. The van der Waals surface area contributed by atoms with Gasteiger partial charge in [-0.3, -0.25) is 0 Å². The van der Waals surface area contributed by atoms with Crippen molar-refractivity contribution in [3.8, 4) is 0 Å². The molecule has 2 aliphatic rings. The van der Waals surface area contributed by atoms with E-state index in [1.54, 1.807) is 0 Å². The molecule has 2 aliphatic heterocycles. The molecule has 3 N–H and O–H groups in total. The van der Waals surface area contributed by atoms with Crippen molar-refractivity contribution in [3.63, 3.8) is 0 Å². The molecule has 2 atom stereocenters. The maximum Gasteiger partial charge on any atom is 0.410 e. The Morgan fingerprint density at radius 1 is 1.35 bits per heavy atom. The maximum absolute atomic E-state index is 11.9. The second-order valence-electron chi connectivity index (χ2n) is 5.45. The molecule has 1 aromatic rings. The molecule has 2 unspecified atom stereocenters. The van der Waals surface area contributed by atoms with Gasteiger partial charge in [0.2, 0.25) is 0 Å². The predicted octanol–water partition coefficient (Wildman–Crippen LogP) is -0.297. The van der Waals surface area contributed by atoms with E-state index in [0.29, 0.717) is 19.6 Å². The molecule has 6 heteroatoms. The molecule has 108 valence electrons. The summed E-state index contributed by atoms with van der Waals surface area (Å²) in [5.74, 6) is 0. The molecule has 0 aromatic heterocycles. The lowest BCUT2D eigenvalue weighted by atomic mass is 9.85. The molecule has 2 saturated heterocycles. The highest BCUT2D eigenvalue weighted by Gasteiger charge is 2.56. The van der Waals surface area contributed by atoms with Crippen LogP contribution in [0.25, 0.3) is 0 Å². The number of ether oxygens (including phenoxy) is 1. The third kappa shape index (κ3) is 2.26. The van der Waals surface area contributed by atoms with E-state index in [1.807, 2.05) is 30.3 Å². The van der Waals surface area contributed by atoms with Gasteiger partial charge in [0.05, 0.1) is 11.6 Å². The van der Waals surface area contributed by atoms with Crippen LogP contribution in [-0.4, -0.2) is 58.6 Å². The predicted molar refractivity (Wildman–Crippen MR) is 70.9 cm³/mol. The van der Waals surface area contributed by atoms with Gasteiger partial charge in [0, 0.05) is 19.6 Å². The fourth-order valence-corrected chi connectivity index (χ4v) is 2.77. The Bertz CT molecular complexity index is 487. The second kappa shape index (κ2) is 5.05. The first-order valence-corrected chi connectivity index (χ1v) is 6.67. The summed E-state index contributed by atoms with van der Waals surface area (Å²) >= 11 is 0. The van der Waals surface area contributed by atoms with E-state index in [-0.39, 0.29) is 6.61 Å². The molecular formula is C14H18N2O4. The first kappa shape index (κ1) is 13.4. The van der Waals surface area contributed by atoms with Crippen LogP contribution in [0.1, 0.15) is 5.56 Å². The maximum atomic E-state index is 11.9. The van der Waals surface area contributed by atoms with Crippen LogP contribution in [0, 0.1) is 0 Å². The van der Waals surface area contributed by atoms with E-state index in [0.717, 1.165) is 5.56 Å². The summed E-state index contributed by atoms with van der Waals surface area (Å²) in [6, 6.07) is 9.47. The summed E-state index contributed by atoms with van der Waals surface area (Å²) in [6.07, 6.45) is -1.99. The molecule has 1 spiro atoms. The number of hydrogen-bond acceptors (Lipinski definition) is 5. The Morgan fingerprint density at radius 2 is 2.05 bits per heavy atom. The first-order chi connectivity index (χ1) is 9.61. The van der Waals surface area contributed by atoms with E-state index < -0.39 is 23.8 Å². The number of hydrogen-bond donors (Lipinski definition) is 3. The minimum atomic E-state index is -0.833. The van der Waals surface area contributed by atoms with Crippen LogP contribution >= 0.6 is 0 Å². The third-order valence-corrected chi connectivity index (χ3v) is 4.00. The van der Waals surface area contributed by atoms with E-state index in [4.69, 9.17) is 4.74 Å². The van der Waals surface area contributed by atoms with Gasteiger partial charge in [-0.25, -0.2) is 4.79 Å². The molecule has 6 nitrogen and oxygen atoms in total. The summed E-state index contributed by atoms with van der Waals surface area (Å²) in [6.45, 7) is 1.31. The minimum absolute atomic E-state index is 0.238. The molecule has 2 fully saturated rings. The van der Waals surface area contributed by atoms with Gasteiger partial charge in [0.25, 0.3) is 0 Å². The van der Waals surface area contributed by atoms with Gasteiger partial charge in [0.15, 0.2) is 0 Å². The Hall–Kier alpha value is -1.63. The van der Waals surface area contributed by atoms with Crippen LogP contribution in [-0.2, 0) is 11.3 Å². The van der Waals surface area contributed by atoms with E-state index >= 15 is 0 Å². The van der Waals surface area contributed by atoms with Crippen LogP contribution in [0.15, 0.2) is 30.3 Å². The smallest absolute Gasteiger partial charge is 0.410 e. The number of nitrogens with zero attached hydrogens (tertiary/aromatic N) is 1. The number of likely N-dealkylation sites (tertiary alicyclic amines) is 1. The van der Waals surface area contributed by atoms with Crippen LogP contribution in [0.2, 0.25) is 0 Å². The minimum Gasteiger partial charge on any atom is -0.445 e. The monoisotopic (exact) mass is 278 g/mol. The number of β-amino-alcohol motifs (C(OH)–C–C–N with tert-alkyl or cyclic N) is 1. The zero-order chi connectivity index (χ0) is 14.2. The average Bonchev–Trinajstić information content (AvgIpc) is 2.72. The molecule has 0 bridgehead atoms.